The van der Waals surface area contributed by atoms with E-state index in [9.17, 15) is 19.7 Å². The maximum absolute atomic E-state index is 13.4. The molecule has 230 valence electrons. The minimum atomic E-state index is -0.822. The number of fused-ring (bicyclic) bond motifs is 1. The first-order valence-corrected chi connectivity index (χ1v) is 15.3. The molecular formula is C34H35N7O4. The summed E-state index contributed by atoms with van der Waals surface area (Å²) in [7, 11) is 0. The van der Waals surface area contributed by atoms with Crippen molar-refractivity contribution in [3.05, 3.63) is 99.7 Å². The van der Waals surface area contributed by atoms with E-state index in [2.05, 4.69) is 37.6 Å². The first-order valence-electron chi connectivity index (χ1n) is 15.3. The third-order valence-corrected chi connectivity index (χ3v) is 8.29. The highest BCUT2D eigenvalue weighted by atomic mass is 16.6. The number of hydrogen-bond acceptors (Lipinski definition) is 7. The van der Waals surface area contributed by atoms with Crippen molar-refractivity contribution in [2.24, 2.45) is 4.99 Å². The van der Waals surface area contributed by atoms with Gasteiger partial charge < -0.3 is 15.2 Å². The molecule has 2 aliphatic heterocycles. The summed E-state index contributed by atoms with van der Waals surface area (Å²) in [6, 6.07) is 20.0. The summed E-state index contributed by atoms with van der Waals surface area (Å²) in [5.41, 5.74) is 5.66. The second-order valence-corrected chi connectivity index (χ2v) is 11.5. The maximum Gasteiger partial charge on any atom is 0.269 e. The van der Waals surface area contributed by atoms with Gasteiger partial charge in [0.1, 0.15) is 5.92 Å². The van der Waals surface area contributed by atoms with Crippen LogP contribution < -0.4 is 10.6 Å². The summed E-state index contributed by atoms with van der Waals surface area (Å²) in [5, 5.41) is 17.1. The van der Waals surface area contributed by atoms with Crippen LogP contribution >= 0.6 is 0 Å². The van der Waals surface area contributed by atoms with Gasteiger partial charge in [0.25, 0.3) is 5.69 Å². The molecule has 3 heterocycles. The van der Waals surface area contributed by atoms with Crippen LogP contribution in [0.4, 0.5) is 23.0 Å². The number of aryl methyl sites for hydroxylation is 1. The Morgan fingerprint density at radius 1 is 1.07 bits per heavy atom. The van der Waals surface area contributed by atoms with E-state index in [1.54, 1.807) is 12.3 Å². The Hall–Kier alpha value is -5.16. The second kappa shape index (κ2) is 13.2. The van der Waals surface area contributed by atoms with Gasteiger partial charge in [-0.25, -0.2) is 4.98 Å². The lowest BCUT2D eigenvalue weighted by atomic mass is 9.89. The van der Waals surface area contributed by atoms with Gasteiger partial charge in [0, 0.05) is 30.3 Å². The number of nitro benzene ring substituents is 1. The van der Waals surface area contributed by atoms with Gasteiger partial charge in [0.05, 0.1) is 28.2 Å². The number of aromatic amines is 1. The predicted molar refractivity (Wildman–Crippen MR) is 174 cm³/mol. The van der Waals surface area contributed by atoms with E-state index >= 15 is 0 Å². The van der Waals surface area contributed by atoms with E-state index in [0.717, 1.165) is 36.2 Å². The lowest BCUT2D eigenvalue weighted by Gasteiger charge is -2.26. The van der Waals surface area contributed by atoms with Gasteiger partial charge >= 0.3 is 0 Å². The number of aromatic nitrogens is 2. The number of nitrogens with one attached hydrogen (secondary N) is 3. The topological polar surface area (TPSA) is 146 Å². The number of benzene rings is 3. The van der Waals surface area contributed by atoms with E-state index < -0.39 is 10.8 Å². The van der Waals surface area contributed by atoms with Crippen LogP contribution in [0.2, 0.25) is 0 Å². The van der Waals surface area contributed by atoms with Crippen molar-refractivity contribution >= 4 is 40.5 Å². The lowest BCUT2D eigenvalue weighted by Crippen LogP contribution is -2.30. The Balaban J connectivity index is 1.29. The molecule has 3 aromatic carbocycles. The normalized spacial score (nSPS) is 16.7. The van der Waals surface area contributed by atoms with Crippen molar-refractivity contribution in [1.82, 2.24) is 14.9 Å². The molecule has 1 atom stereocenters. The molecule has 1 unspecified atom stereocenters. The van der Waals surface area contributed by atoms with Gasteiger partial charge in [-0.2, -0.15) is 0 Å². The molecule has 11 heteroatoms. The highest BCUT2D eigenvalue weighted by Gasteiger charge is 2.36. The number of piperidine rings is 1. The summed E-state index contributed by atoms with van der Waals surface area (Å²) in [6.45, 7) is 4.87. The fourth-order valence-corrected chi connectivity index (χ4v) is 6.01. The quantitative estimate of drug-likeness (QED) is 0.111. The number of carbonyl (C=O) groups excluding carboxylic acids is 2. The molecule has 1 fully saturated rings. The van der Waals surface area contributed by atoms with Crippen molar-refractivity contribution in [1.29, 1.82) is 0 Å². The van der Waals surface area contributed by atoms with E-state index in [1.807, 2.05) is 36.4 Å². The molecular weight excluding hydrogens is 570 g/mol. The summed E-state index contributed by atoms with van der Waals surface area (Å²) in [5.74, 6) is -0.968. The third kappa shape index (κ3) is 6.99. The molecule has 4 aromatic rings. The first-order chi connectivity index (χ1) is 21.8. The summed E-state index contributed by atoms with van der Waals surface area (Å²) < 4.78 is 0. The van der Waals surface area contributed by atoms with Gasteiger partial charge in [0.15, 0.2) is 0 Å². The predicted octanol–water partition coefficient (Wildman–Crippen LogP) is 6.22. The van der Waals surface area contributed by atoms with Crippen LogP contribution in [-0.4, -0.2) is 57.0 Å². The summed E-state index contributed by atoms with van der Waals surface area (Å²) in [4.78, 5) is 50.6. The number of nitrogens with zero attached hydrogens (tertiary/aromatic N) is 4. The fraction of sp³-hybridized carbons (Fsp3) is 0.294. The van der Waals surface area contributed by atoms with Crippen LogP contribution in [-0.2, 0) is 16.0 Å². The molecule has 3 N–H and O–H groups in total. The van der Waals surface area contributed by atoms with Gasteiger partial charge in [-0.3, -0.25) is 30.0 Å². The third-order valence-electron chi connectivity index (χ3n) is 8.29. The first kappa shape index (κ1) is 29.9. The number of amides is 2. The number of rotatable bonds is 10. The zero-order valence-electron chi connectivity index (χ0n) is 25.1. The average molecular weight is 606 g/mol. The molecule has 1 saturated heterocycles. The van der Waals surface area contributed by atoms with Crippen LogP contribution in [0.5, 0.6) is 0 Å². The monoisotopic (exact) mass is 605 g/mol. The summed E-state index contributed by atoms with van der Waals surface area (Å²) in [6.07, 6.45) is 7.56. The Bertz CT molecular complexity index is 1740. The van der Waals surface area contributed by atoms with E-state index in [1.165, 1.54) is 57.0 Å². The molecule has 45 heavy (non-hydrogen) atoms. The molecule has 0 spiro atoms. The van der Waals surface area contributed by atoms with Crippen LogP contribution in [0.1, 0.15) is 55.2 Å². The zero-order chi connectivity index (χ0) is 31.3. The minimum absolute atomic E-state index is 0.0822. The average Bonchev–Trinajstić information content (AvgIpc) is 3.63. The van der Waals surface area contributed by atoms with Crippen LogP contribution in [0.25, 0.3) is 11.3 Å². The molecule has 6 rings (SSSR count). The van der Waals surface area contributed by atoms with Gasteiger partial charge in [-0.15, -0.1) is 0 Å². The fourth-order valence-electron chi connectivity index (χ4n) is 6.01. The van der Waals surface area contributed by atoms with Crippen molar-refractivity contribution in [3.63, 3.8) is 0 Å². The van der Waals surface area contributed by atoms with Crippen LogP contribution in [0.3, 0.4) is 0 Å². The molecule has 2 amide bonds. The maximum atomic E-state index is 13.4. The number of likely N-dealkylation sites (tertiary alicyclic amines) is 1. The lowest BCUT2D eigenvalue weighted by molar-refractivity contribution is -0.384. The number of non-ortho nitro benzene ring substituents is 1. The van der Waals surface area contributed by atoms with E-state index in [4.69, 9.17) is 4.99 Å². The van der Waals surface area contributed by atoms with Gasteiger partial charge in [0.2, 0.25) is 17.8 Å². The summed E-state index contributed by atoms with van der Waals surface area (Å²) >= 11 is 0. The molecule has 2 aliphatic rings. The molecule has 0 aliphatic carbocycles. The SMILES string of the molecule is CC(=O)Nc1ncc(-c2ccc(N=C(c3ccc(CCCN4CCCCC4)cc3)C3C(=O)Nc4ccc([N+](=O)[O-])cc43)cc2)[nH]1. The van der Waals surface area contributed by atoms with Gasteiger partial charge in [-0.05, 0) is 80.2 Å². The smallest absolute Gasteiger partial charge is 0.269 e. The highest BCUT2D eigenvalue weighted by Crippen LogP contribution is 2.38. The zero-order valence-corrected chi connectivity index (χ0v) is 25.1. The van der Waals surface area contributed by atoms with Crippen molar-refractivity contribution in [2.75, 3.05) is 30.3 Å². The number of carbonyl (C=O) groups is 2. The Morgan fingerprint density at radius 2 is 1.82 bits per heavy atom. The van der Waals surface area contributed by atoms with Crippen LogP contribution in [0.15, 0.2) is 77.9 Å². The number of hydrogen-bond donors (Lipinski definition) is 3. The van der Waals surface area contributed by atoms with Gasteiger partial charge in [-0.1, -0.05) is 42.8 Å². The van der Waals surface area contributed by atoms with E-state index in [-0.39, 0.29) is 17.5 Å². The Labute approximate surface area is 260 Å². The van der Waals surface area contributed by atoms with E-state index in [0.29, 0.717) is 28.6 Å². The molecule has 0 bridgehead atoms. The minimum Gasteiger partial charge on any atom is -0.325 e. The second-order valence-electron chi connectivity index (χ2n) is 11.5. The van der Waals surface area contributed by atoms with Crippen molar-refractivity contribution in [2.45, 2.75) is 44.9 Å². The standard InChI is InChI=1S/C34H35N7O4/c1-22(42)36-34-35-21-30(39-34)24-11-13-26(14-12-24)37-32(31-28-20-27(41(44)45)15-16-29(28)38-33(31)43)25-9-7-23(8-10-25)6-5-19-40-17-3-2-4-18-40/h7-16,20-21,31H,2-6,17-19H2,1H3,(H,38,43)(H2,35,36,39,42). The van der Waals surface area contributed by atoms with Crippen molar-refractivity contribution in [3.8, 4) is 11.3 Å². The number of nitro groups is 1. The number of aliphatic imine (C=N–C) groups is 1. The molecule has 0 saturated carbocycles. The van der Waals surface area contributed by atoms with Crippen LogP contribution in [0, 0.1) is 10.1 Å². The molecule has 1 aromatic heterocycles. The number of imidazole rings is 1. The molecule has 11 nitrogen and oxygen atoms in total. The van der Waals surface area contributed by atoms with Crippen molar-refractivity contribution < 1.29 is 14.5 Å². The number of H-pyrrole nitrogens is 1. The highest BCUT2D eigenvalue weighted by molar-refractivity contribution is 6.24. The number of anilines is 2. The molecule has 0 radical (unpaired) electrons. The largest absolute Gasteiger partial charge is 0.325 e. The Morgan fingerprint density at radius 3 is 2.53 bits per heavy atom. The Kier molecular flexibility index (Phi) is 8.79.